The highest BCUT2D eigenvalue weighted by Crippen LogP contribution is 2.21. The zero-order chi connectivity index (χ0) is 21.0. The van der Waals surface area contributed by atoms with E-state index in [-0.39, 0.29) is 28.3 Å². The molecular weight excluding hydrogens is 378 g/mol. The maximum absolute atomic E-state index is 12.6. The molecule has 1 amide bonds. The van der Waals surface area contributed by atoms with E-state index >= 15 is 0 Å². The number of phenolic OH excluding ortho intramolecular Hbond substituents is 1. The third-order valence-corrected chi connectivity index (χ3v) is 4.11. The van der Waals surface area contributed by atoms with Crippen molar-refractivity contribution in [1.82, 2.24) is 15.2 Å². The Kier molecular flexibility index (Phi) is 5.63. The monoisotopic (exact) mass is 395 g/mol. The van der Waals surface area contributed by atoms with Gasteiger partial charge in [-0.15, -0.1) is 0 Å². The highest BCUT2D eigenvalue weighted by molar-refractivity contribution is 6.05. The van der Waals surface area contributed by atoms with Crippen molar-refractivity contribution in [2.45, 2.75) is 19.9 Å². The van der Waals surface area contributed by atoms with E-state index < -0.39 is 10.8 Å². The molecule has 1 heterocycles. The number of rotatable bonds is 6. The van der Waals surface area contributed by atoms with Crippen molar-refractivity contribution in [3.63, 3.8) is 0 Å². The summed E-state index contributed by atoms with van der Waals surface area (Å²) in [6.07, 6.45) is 1.75. The Bertz CT molecular complexity index is 1190. The lowest BCUT2D eigenvalue weighted by Crippen LogP contribution is -2.29. The number of nitrogens with zero attached hydrogens (tertiary/aromatic N) is 4. The van der Waals surface area contributed by atoms with E-state index in [1.807, 2.05) is 6.92 Å². The number of fused-ring (bicyclic) bond motifs is 1. The van der Waals surface area contributed by atoms with Crippen molar-refractivity contribution in [3.05, 3.63) is 74.2 Å². The number of amides is 1. The largest absolute Gasteiger partial charge is 0.507 e. The fourth-order valence-corrected chi connectivity index (χ4v) is 2.74. The van der Waals surface area contributed by atoms with Crippen LogP contribution in [-0.2, 0) is 6.54 Å². The number of benzene rings is 2. The number of nitro groups is 1. The Labute approximate surface area is 164 Å². The number of carbonyl (C=O) groups excluding carboxylic acids is 1. The van der Waals surface area contributed by atoms with Gasteiger partial charge in [0.25, 0.3) is 17.2 Å². The molecular formula is C19H17N5O5. The van der Waals surface area contributed by atoms with Gasteiger partial charge < -0.3 is 5.11 Å². The molecule has 1 aromatic heterocycles. The molecule has 0 aliphatic heterocycles. The maximum Gasteiger partial charge on any atom is 0.292 e. The fourth-order valence-electron chi connectivity index (χ4n) is 2.74. The summed E-state index contributed by atoms with van der Waals surface area (Å²) in [6.45, 7) is 2.24. The van der Waals surface area contributed by atoms with Gasteiger partial charge in [-0.3, -0.25) is 19.7 Å². The number of nitrogens with one attached hydrogen (secondary N) is 1. The summed E-state index contributed by atoms with van der Waals surface area (Å²) in [5.41, 5.74) is 1.85. The minimum Gasteiger partial charge on any atom is -0.507 e. The van der Waals surface area contributed by atoms with Gasteiger partial charge >= 0.3 is 0 Å². The summed E-state index contributed by atoms with van der Waals surface area (Å²) in [4.78, 5) is 35.3. The molecule has 0 saturated heterocycles. The molecule has 0 aliphatic rings. The Morgan fingerprint density at radius 3 is 2.72 bits per heavy atom. The van der Waals surface area contributed by atoms with Gasteiger partial charge in [0.15, 0.2) is 5.69 Å². The molecule has 3 aromatic rings. The van der Waals surface area contributed by atoms with E-state index in [2.05, 4.69) is 15.6 Å². The molecule has 0 aliphatic carbocycles. The normalized spacial score (nSPS) is 11.1. The Morgan fingerprint density at radius 1 is 1.31 bits per heavy atom. The molecule has 2 aromatic carbocycles. The van der Waals surface area contributed by atoms with Crippen LogP contribution in [0.2, 0.25) is 0 Å². The minimum atomic E-state index is -0.660. The van der Waals surface area contributed by atoms with Crippen LogP contribution in [0.4, 0.5) is 5.69 Å². The predicted octanol–water partition coefficient (Wildman–Crippen LogP) is 2.18. The predicted molar refractivity (Wildman–Crippen MR) is 106 cm³/mol. The summed E-state index contributed by atoms with van der Waals surface area (Å²) in [5, 5.41) is 29.3. The molecule has 0 fully saturated rings. The number of aryl methyl sites for hydroxylation is 1. The molecule has 10 nitrogen and oxygen atoms in total. The average molecular weight is 395 g/mol. The van der Waals surface area contributed by atoms with E-state index in [0.717, 1.165) is 24.4 Å². The summed E-state index contributed by atoms with van der Waals surface area (Å²) in [6, 6.07) is 10.1. The van der Waals surface area contributed by atoms with Crippen LogP contribution in [0.3, 0.4) is 0 Å². The summed E-state index contributed by atoms with van der Waals surface area (Å²) >= 11 is 0. The topological polar surface area (TPSA) is 140 Å². The van der Waals surface area contributed by atoms with Crippen LogP contribution >= 0.6 is 0 Å². The van der Waals surface area contributed by atoms with Gasteiger partial charge in [-0.1, -0.05) is 25.1 Å². The van der Waals surface area contributed by atoms with Crippen LogP contribution in [0.5, 0.6) is 5.75 Å². The van der Waals surface area contributed by atoms with Gasteiger partial charge in [0.2, 0.25) is 0 Å². The second kappa shape index (κ2) is 8.30. The fraction of sp³-hybridized carbons (Fsp3) is 0.158. The van der Waals surface area contributed by atoms with Crippen LogP contribution in [0.15, 0.2) is 52.4 Å². The second-order valence-corrected chi connectivity index (χ2v) is 6.12. The SMILES string of the molecule is CCCn1nc(C(=O)N/N=C\c2cc([N+](=O)[O-])ccc2O)c2ccccc2c1=O. The molecule has 2 N–H and O–H groups in total. The van der Waals surface area contributed by atoms with Crippen LogP contribution < -0.4 is 11.0 Å². The first kappa shape index (κ1) is 19.7. The molecule has 0 saturated carbocycles. The molecule has 0 bridgehead atoms. The zero-order valence-corrected chi connectivity index (χ0v) is 15.4. The Hall–Kier alpha value is -4.08. The van der Waals surface area contributed by atoms with Gasteiger partial charge in [0.1, 0.15) is 5.75 Å². The van der Waals surface area contributed by atoms with Crippen LogP contribution in [0, 0.1) is 10.1 Å². The molecule has 148 valence electrons. The van der Waals surface area contributed by atoms with E-state index in [1.165, 1.54) is 4.68 Å². The van der Waals surface area contributed by atoms with Gasteiger partial charge in [0.05, 0.1) is 16.5 Å². The molecule has 29 heavy (non-hydrogen) atoms. The van der Waals surface area contributed by atoms with E-state index in [1.54, 1.807) is 24.3 Å². The number of nitro benzene ring substituents is 1. The number of aromatic hydroxyl groups is 1. The molecule has 0 radical (unpaired) electrons. The summed E-state index contributed by atoms with van der Waals surface area (Å²) in [5.74, 6) is -0.888. The first-order valence-electron chi connectivity index (χ1n) is 8.73. The second-order valence-electron chi connectivity index (χ2n) is 6.12. The lowest BCUT2D eigenvalue weighted by Gasteiger charge is -2.09. The summed E-state index contributed by atoms with van der Waals surface area (Å²) < 4.78 is 1.23. The van der Waals surface area contributed by atoms with E-state index in [9.17, 15) is 24.8 Å². The van der Waals surface area contributed by atoms with E-state index in [0.29, 0.717) is 23.7 Å². The quantitative estimate of drug-likeness (QED) is 0.372. The zero-order valence-electron chi connectivity index (χ0n) is 15.4. The highest BCUT2D eigenvalue weighted by Gasteiger charge is 2.16. The van der Waals surface area contributed by atoms with Gasteiger partial charge in [-0.25, -0.2) is 10.1 Å². The van der Waals surface area contributed by atoms with Crippen molar-refractivity contribution in [2.24, 2.45) is 5.10 Å². The standard InChI is InChI=1S/C19H17N5O5/c1-2-9-23-19(27)15-6-4-3-5-14(15)17(22-23)18(26)21-20-11-12-10-13(24(28)29)7-8-16(12)25/h3-8,10-11,25H,2,9H2,1H3,(H,21,26)/b20-11-. The lowest BCUT2D eigenvalue weighted by molar-refractivity contribution is -0.384. The number of aromatic nitrogens is 2. The van der Waals surface area contributed by atoms with Gasteiger partial charge in [-0.05, 0) is 18.6 Å². The van der Waals surface area contributed by atoms with Crippen molar-refractivity contribution >= 4 is 28.6 Å². The summed E-state index contributed by atoms with van der Waals surface area (Å²) in [7, 11) is 0. The Morgan fingerprint density at radius 2 is 2.03 bits per heavy atom. The van der Waals surface area contributed by atoms with E-state index in [4.69, 9.17) is 0 Å². The first-order chi connectivity index (χ1) is 13.9. The highest BCUT2D eigenvalue weighted by atomic mass is 16.6. The molecule has 10 heteroatoms. The van der Waals surface area contributed by atoms with Crippen LogP contribution in [0.1, 0.15) is 29.4 Å². The number of non-ortho nitro benzene ring substituents is 1. The number of phenols is 1. The molecule has 0 spiro atoms. The first-order valence-corrected chi connectivity index (χ1v) is 8.73. The van der Waals surface area contributed by atoms with Crippen molar-refractivity contribution < 1.29 is 14.8 Å². The smallest absolute Gasteiger partial charge is 0.292 e. The van der Waals surface area contributed by atoms with Crippen LogP contribution in [-0.4, -0.2) is 31.9 Å². The number of hydrogen-bond acceptors (Lipinski definition) is 7. The van der Waals surface area contributed by atoms with Crippen molar-refractivity contribution in [3.8, 4) is 5.75 Å². The minimum absolute atomic E-state index is 0.0223. The van der Waals surface area contributed by atoms with Crippen LogP contribution in [0.25, 0.3) is 10.8 Å². The third kappa shape index (κ3) is 4.10. The molecule has 0 atom stereocenters. The number of hydrazone groups is 1. The molecule has 0 unspecified atom stereocenters. The van der Waals surface area contributed by atoms with Gasteiger partial charge in [0, 0.05) is 29.6 Å². The lowest BCUT2D eigenvalue weighted by atomic mass is 10.1. The third-order valence-electron chi connectivity index (χ3n) is 4.11. The average Bonchev–Trinajstić information content (AvgIpc) is 2.71. The van der Waals surface area contributed by atoms with Crippen molar-refractivity contribution in [1.29, 1.82) is 0 Å². The Balaban J connectivity index is 1.92. The number of carbonyl (C=O) groups is 1. The maximum atomic E-state index is 12.6. The van der Waals surface area contributed by atoms with Crippen molar-refractivity contribution in [2.75, 3.05) is 0 Å². The van der Waals surface area contributed by atoms with Gasteiger partial charge in [-0.2, -0.15) is 10.2 Å². The molecule has 3 rings (SSSR count). The number of hydrogen-bond donors (Lipinski definition) is 2.